The van der Waals surface area contributed by atoms with Crippen LogP contribution in [0, 0.1) is 0 Å². The van der Waals surface area contributed by atoms with Crippen molar-refractivity contribution >= 4 is 43.2 Å². The molecule has 1 atom stereocenters. The van der Waals surface area contributed by atoms with Gasteiger partial charge in [0, 0.05) is 38.2 Å². The number of piperidine rings is 1. The van der Waals surface area contributed by atoms with Gasteiger partial charge in [-0.05, 0) is 61.6 Å². The molecule has 0 saturated carbocycles. The Balaban J connectivity index is 1.42. The van der Waals surface area contributed by atoms with Crippen molar-refractivity contribution in [2.45, 2.75) is 43.4 Å². The van der Waals surface area contributed by atoms with Gasteiger partial charge in [-0.3, -0.25) is 4.79 Å². The summed E-state index contributed by atoms with van der Waals surface area (Å²) in [7, 11) is -3.60. The summed E-state index contributed by atoms with van der Waals surface area (Å²) in [6, 6.07) is 13.3. The Kier molecular flexibility index (Phi) is 5.32. The molecule has 6 nitrogen and oxygen atoms in total. The van der Waals surface area contributed by atoms with Gasteiger partial charge >= 0.3 is 0 Å². The van der Waals surface area contributed by atoms with Crippen LogP contribution in [0.1, 0.15) is 42.7 Å². The van der Waals surface area contributed by atoms with E-state index in [1.54, 1.807) is 45.7 Å². The molecule has 2 aromatic carbocycles. The van der Waals surface area contributed by atoms with E-state index >= 15 is 0 Å². The van der Waals surface area contributed by atoms with Crippen molar-refractivity contribution in [1.29, 1.82) is 0 Å². The first-order valence-corrected chi connectivity index (χ1v) is 13.0. The molecule has 3 aromatic rings. The van der Waals surface area contributed by atoms with Crippen LogP contribution >= 0.6 is 11.3 Å². The summed E-state index contributed by atoms with van der Waals surface area (Å²) in [5.41, 5.74) is 2.75. The van der Waals surface area contributed by atoms with Gasteiger partial charge in [0.1, 0.15) is 0 Å². The molecule has 0 spiro atoms. The molecule has 31 heavy (non-hydrogen) atoms. The number of fused-ring (bicyclic) bond motifs is 2. The van der Waals surface area contributed by atoms with E-state index < -0.39 is 10.0 Å². The average Bonchev–Trinajstić information content (AvgIpc) is 3.22. The maximum Gasteiger partial charge on any atom is 0.243 e. The largest absolute Gasteiger partial charge is 0.312 e. The first kappa shape index (κ1) is 20.6. The second-order valence-corrected chi connectivity index (χ2v) is 11.3. The van der Waals surface area contributed by atoms with Gasteiger partial charge in [-0.15, -0.1) is 11.3 Å². The SMILES string of the molecule is CC(=O)N1CCCc2cc(S(=O)(=O)N3CCC[C@@H](c4nc5ccccc5s4)C3)ccc21. The Hall–Kier alpha value is -2.29. The second kappa shape index (κ2) is 8.00. The van der Waals surface area contributed by atoms with Gasteiger partial charge in [0.25, 0.3) is 0 Å². The Labute approximate surface area is 186 Å². The van der Waals surface area contributed by atoms with Gasteiger partial charge in [-0.1, -0.05) is 12.1 Å². The molecule has 1 amide bonds. The van der Waals surface area contributed by atoms with Crippen LogP contribution in [0.2, 0.25) is 0 Å². The number of hydrogen-bond acceptors (Lipinski definition) is 5. The topological polar surface area (TPSA) is 70.6 Å². The van der Waals surface area contributed by atoms with Crippen LogP contribution in [0.5, 0.6) is 0 Å². The van der Waals surface area contributed by atoms with Gasteiger partial charge in [0.2, 0.25) is 15.9 Å². The van der Waals surface area contributed by atoms with Crippen LogP contribution in [-0.2, 0) is 21.2 Å². The van der Waals surface area contributed by atoms with Gasteiger partial charge in [-0.2, -0.15) is 4.31 Å². The zero-order valence-electron chi connectivity index (χ0n) is 17.5. The fourth-order valence-electron chi connectivity index (χ4n) is 4.64. The third kappa shape index (κ3) is 3.77. The van der Waals surface area contributed by atoms with Crippen LogP contribution < -0.4 is 4.90 Å². The molecule has 1 saturated heterocycles. The quantitative estimate of drug-likeness (QED) is 0.595. The zero-order valence-corrected chi connectivity index (χ0v) is 19.1. The number of aromatic nitrogens is 1. The molecular formula is C23H25N3O3S2. The Morgan fingerprint density at radius 1 is 1.13 bits per heavy atom. The minimum atomic E-state index is -3.60. The van der Waals surface area contributed by atoms with Gasteiger partial charge in [0.15, 0.2) is 0 Å². The highest BCUT2D eigenvalue weighted by Gasteiger charge is 2.33. The van der Waals surface area contributed by atoms with Crippen molar-refractivity contribution in [3.63, 3.8) is 0 Å². The average molecular weight is 456 g/mol. The highest BCUT2D eigenvalue weighted by atomic mass is 32.2. The highest BCUT2D eigenvalue weighted by Crippen LogP contribution is 2.36. The molecule has 0 N–H and O–H groups in total. The lowest BCUT2D eigenvalue weighted by atomic mass is 10.0. The number of para-hydroxylation sites is 1. The number of carbonyl (C=O) groups is 1. The smallest absolute Gasteiger partial charge is 0.243 e. The molecule has 8 heteroatoms. The van der Waals surface area contributed by atoms with E-state index in [0.29, 0.717) is 24.5 Å². The number of carbonyl (C=O) groups excluding carboxylic acids is 1. The second-order valence-electron chi connectivity index (χ2n) is 8.29. The van der Waals surface area contributed by atoms with Crippen LogP contribution in [0.4, 0.5) is 5.69 Å². The Bertz CT molecular complexity index is 1220. The van der Waals surface area contributed by atoms with Crippen LogP contribution in [-0.4, -0.2) is 43.2 Å². The molecule has 162 valence electrons. The molecule has 1 aromatic heterocycles. The number of rotatable bonds is 3. The predicted octanol–water partition coefficient (Wildman–Crippen LogP) is 4.16. The summed E-state index contributed by atoms with van der Waals surface area (Å²) in [5, 5.41) is 1.02. The number of amides is 1. The molecule has 5 rings (SSSR count). The number of thiazole rings is 1. The lowest BCUT2D eigenvalue weighted by molar-refractivity contribution is -0.116. The Morgan fingerprint density at radius 2 is 1.97 bits per heavy atom. The summed E-state index contributed by atoms with van der Waals surface area (Å²) < 4.78 is 29.7. The normalized spacial score (nSPS) is 20.0. The van der Waals surface area contributed by atoms with E-state index in [1.165, 1.54) is 0 Å². The maximum absolute atomic E-state index is 13.5. The van der Waals surface area contributed by atoms with E-state index in [1.807, 2.05) is 18.2 Å². The fourth-order valence-corrected chi connectivity index (χ4v) is 7.31. The van der Waals surface area contributed by atoms with E-state index in [2.05, 4.69) is 6.07 Å². The lowest BCUT2D eigenvalue weighted by Gasteiger charge is -2.32. The first-order chi connectivity index (χ1) is 14.9. The molecule has 0 aliphatic carbocycles. The van der Waals surface area contributed by atoms with E-state index in [9.17, 15) is 13.2 Å². The fraction of sp³-hybridized carbons (Fsp3) is 0.391. The van der Waals surface area contributed by atoms with Crippen molar-refractivity contribution in [2.75, 3.05) is 24.5 Å². The molecular weight excluding hydrogens is 430 g/mol. The highest BCUT2D eigenvalue weighted by molar-refractivity contribution is 7.89. The summed E-state index contributed by atoms with van der Waals surface area (Å²) in [5.74, 6) is 0.109. The summed E-state index contributed by atoms with van der Waals surface area (Å²) >= 11 is 1.66. The summed E-state index contributed by atoms with van der Waals surface area (Å²) in [4.78, 5) is 18.7. The van der Waals surface area contributed by atoms with Crippen LogP contribution in [0.15, 0.2) is 47.4 Å². The number of benzene rings is 2. The minimum absolute atomic E-state index is 0.00809. The van der Waals surface area contributed by atoms with E-state index in [-0.39, 0.29) is 11.8 Å². The predicted molar refractivity (Wildman–Crippen MR) is 123 cm³/mol. The number of anilines is 1. The minimum Gasteiger partial charge on any atom is -0.312 e. The third-order valence-corrected chi connectivity index (χ3v) is 9.29. The van der Waals surface area contributed by atoms with Crippen molar-refractivity contribution in [1.82, 2.24) is 9.29 Å². The molecule has 0 radical (unpaired) electrons. The third-order valence-electron chi connectivity index (χ3n) is 6.23. The molecule has 1 fully saturated rings. The molecule has 0 unspecified atom stereocenters. The summed E-state index contributed by atoms with van der Waals surface area (Å²) in [6.45, 7) is 3.22. The van der Waals surface area contributed by atoms with Crippen molar-refractivity contribution in [3.05, 3.63) is 53.0 Å². The molecule has 2 aliphatic rings. The number of nitrogens with zero attached hydrogens (tertiary/aromatic N) is 3. The van der Waals surface area contributed by atoms with E-state index in [4.69, 9.17) is 4.98 Å². The van der Waals surface area contributed by atoms with Gasteiger partial charge in [-0.25, -0.2) is 13.4 Å². The first-order valence-electron chi connectivity index (χ1n) is 10.7. The standard InChI is InChI=1S/C23H25N3O3S2/c1-16(27)26-13-5-6-17-14-19(10-11-21(17)26)31(28,29)25-12-4-7-18(15-25)23-24-20-8-2-3-9-22(20)30-23/h2-3,8-11,14,18H,4-7,12-13,15H2,1H3/t18-/m1/s1. The van der Waals surface area contributed by atoms with Crippen LogP contribution in [0.3, 0.4) is 0 Å². The lowest BCUT2D eigenvalue weighted by Crippen LogP contribution is -2.39. The van der Waals surface area contributed by atoms with Crippen LogP contribution in [0.25, 0.3) is 10.2 Å². The molecule has 2 aliphatic heterocycles. The molecule has 0 bridgehead atoms. The van der Waals surface area contributed by atoms with Crippen molar-refractivity contribution < 1.29 is 13.2 Å². The number of sulfonamides is 1. The Morgan fingerprint density at radius 3 is 2.77 bits per heavy atom. The van der Waals surface area contributed by atoms with Gasteiger partial charge < -0.3 is 4.90 Å². The monoisotopic (exact) mass is 455 g/mol. The van der Waals surface area contributed by atoms with Gasteiger partial charge in [0.05, 0.1) is 20.1 Å². The molecule has 3 heterocycles. The van der Waals surface area contributed by atoms with Crippen molar-refractivity contribution in [2.24, 2.45) is 0 Å². The maximum atomic E-state index is 13.5. The number of aryl methyl sites for hydroxylation is 1. The number of hydrogen-bond donors (Lipinski definition) is 0. The van der Waals surface area contributed by atoms with Crippen molar-refractivity contribution in [3.8, 4) is 0 Å². The summed E-state index contributed by atoms with van der Waals surface area (Å²) in [6.07, 6.45) is 3.41. The van der Waals surface area contributed by atoms with E-state index in [0.717, 1.165) is 52.2 Å². The zero-order chi connectivity index (χ0) is 21.6.